The molecular formula is C23H21N3O3S2. The number of sulfonamides is 1. The minimum atomic E-state index is -3.75. The molecule has 0 spiro atoms. The van der Waals surface area contributed by atoms with E-state index in [-0.39, 0.29) is 10.8 Å². The Labute approximate surface area is 185 Å². The van der Waals surface area contributed by atoms with Crippen LogP contribution in [0.25, 0.3) is 10.2 Å². The number of anilines is 2. The van der Waals surface area contributed by atoms with Gasteiger partial charge in [-0.15, -0.1) is 0 Å². The summed E-state index contributed by atoms with van der Waals surface area (Å²) in [4.78, 5) is 17.1. The topological polar surface area (TPSA) is 88.2 Å². The zero-order valence-corrected chi connectivity index (χ0v) is 18.9. The van der Waals surface area contributed by atoms with Gasteiger partial charge in [-0.05, 0) is 62.2 Å². The zero-order chi connectivity index (χ0) is 22.2. The van der Waals surface area contributed by atoms with Crippen LogP contribution in [0.3, 0.4) is 0 Å². The number of nitrogens with zero attached hydrogens (tertiary/aromatic N) is 1. The average molecular weight is 452 g/mol. The molecule has 0 radical (unpaired) electrons. The summed E-state index contributed by atoms with van der Waals surface area (Å²) >= 11 is 1.33. The summed E-state index contributed by atoms with van der Waals surface area (Å²) in [6.07, 6.45) is 0. The minimum Gasteiger partial charge on any atom is -0.298 e. The second-order valence-electron chi connectivity index (χ2n) is 7.36. The van der Waals surface area contributed by atoms with Crippen LogP contribution >= 0.6 is 11.3 Å². The molecule has 4 aromatic rings. The maximum Gasteiger partial charge on any atom is 0.262 e. The van der Waals surface area contributed by atoms with Crippen molar-refractivity contribution in [3.8, 4) is 0 Å². The van der Waals surface area contributed by atoms with Gasteiger partial charge in [0.15, 0.2) is 5.13 Å². The van der Waals surface area contributed by atoms with Gasteiger partial charge in [-0.1, -0.05) is 47.2 Å². The van der Waals surface area contributed by atoms with Crippen LogP contribution in [0.5, 0.6) is 0 Å². The van der Waals surface area contributed by atoms with Crippen LogP contribution in [0.2, 0.25) is 0 Å². The Bertz CT molecular complexity index is 1370. The molecule has 3 aromatic carbocycles. The van der Waals surface area contributed by atoms with E-state index in [0.29, 0.717) is 33.0 Å². The number of hydrogen-bond acceptors (Lipinski definition) is 5. The predicted molar refractivity (Wildman–Crippen MR) is 125 cm³/mol. The van der Waals surface area contributed by atoms with E-state index in [0.717, 1.165) is 10.3 Å². The maximum absolute atomic E-state index is 13.0. The predicted octanol–water partition coefficient (Wildman–Crippen LogP) is 5.27. The molecule has 0 atom stereocenters. The van der Waals surface area contributed by atoms with E-state index in [2.05, 4.69) is 15.0 Å². The van der Waals surface area contributed by atoms with Gasteiger partial charge in [-0.3, -0.25) is 14.8 Å². The number of rotatable bonds is 5. The van der Waals surface area contributed by atoms with Gasteiger partial charge >= 0.3 is 0 Å². The van der Waals surface area contributed by atoms with E-state index in [1.165, 1.54) is 11.3 Å². The fourth-order valence-electron chi connectivity index (χ4n) is 3.60. The molecule has 6 nitrogen and oxygen atoms in total. The van der Waals surface area contributed by atoms with Crippen LogP contribution in [-0.4, -0.2) is 19.3 Å². The minimum absolute atomic E-state index is 0.245. The lowest BCUT2D eigenvalue weighted by atomic mass is 10.1. The Morgan fingerprint density at radius 3 is 2.29 bits per heavy atom. The quantitative estimate of drug-likeness (QED) is 0.432. The van der Waals surface area contributed by atoms with Crippen LogP contribution < -0.4 is 10.0 Å². The lowest BCUT2D eigenvalue weighted by Crippen LogP contribution is -2.15. The van der Waals surface area contributed by atoms with Crippen LogP contribution in [0.1, 0.15) is 27.0 Å². The number of thiazole rings is 1. The smallest absolute Gasteiger partial charge is 0.262 e. The summed E-state index contributed by atoms with van der Waals surface area (Å²) in [6, 6.07) is 17.7. The van der Waals surface area contributed by atoms with Gasteiger partial charge in [0.2, 0.25) is 0 Å². The van der Waals surface area contributed by atoms with Gasteiger partial charge in [0.1, 0.15) is 0 Å². The fraction of sp³-hybridized carbons (Fsp3) is 0.130. The summed E-state index contributed by atoms with van der Waals surface area (Å²) in [5.41, 5.74) is 3.97. The van der Waals surface area contributed by atoms with Gasteiger partial charge in [0, 0.05) is 5.56 Å². The Hall–Kier alpha value is -3.23. The molecule has 0 saturated carbocycles. The van der Waals surface area contributed by atoms with Crippen molar-refractivity contribution in [3.63, 3.8) is 0 Å². The molecule has 0 aliphatic heterocycles. The summed E-state index contributed by atoms with van der Waals surface area (Å²) in [7, 11) is -3.75. The second-order valence-corrected chi connectivity index (χ2v) is 10.0. The molecule has 0 aliphatic carbocycles. The number of carbonyl (C=O) groups excluding carboxylic acids is 1. The highest BCUT2D eigenvalue weighted by Gasteiger charge is 2.20. The van der Waals surface area contributed by atoms with Crippen LogP contribution in [0.15, 0.2) is 65.6 Å². The molecule has 1 heterocycles. The van der Waals surface area contributed by atoms with Crippen molar-refractivity contribution >= 4 is 48.3 Å². The number of carbonyl (C=O) groups is 1. The first kappa shape index (κ1) is 21.0. The van der Waals surface area contributed by atoms with Crippen molar-refractivity contribution in [2.24, 2.45) is 0 Å². The Kier molecular flexibility index (Phi) is 5.51. The fourth-order valence-corrected chi connectivity index (χ4v) is 5.95. The molecule has 4 rings (SSSR count). The first-order valence-electron chi connectivity index (χ1n) is 9.60. The van der Waals surface area contributed by atoms with Gasteiger partial charge in [0.05, 0.1) is 20.8 Å². The van der Waals surface area contributed by atoms with Gasteiger partial charge in [-0.25, -0.2) is 13.4 Å². The Balaban J connectivity index is 1.59. The first-order valence-corrected chi connectivity index (χ1v) is 11.9. The molecule has 8 heteroatoms. The normalized spacial score (nSPS) is 11.5. The Morgan fingerprint density at radius 1 is 0.935 bits per heavy atom. The van der Waals surface area contributed by atoms with Crippen molar-refractivity contribution in [1.29, 1.82) is 0 Å². The summed E-state index contributed by atoms with van der Waals surface area (Å²) in [5.74, 6) is -0.245. The van der Waals surface area contributed by atoms with E-state index < -0.39 is 10.0 Å². The van der Waals surface area contributed by atoms with E-state index >= 15 is 0 Å². The van der Waals surface area contributed by atoms with Crippen LogP contribution in [0, 0.1) is 20.8 Å². The molecule has 2 N–H and O–H groups in total. The molecule has 0 fully saturated rings. The monoisotopic (exact) mass is 451 g/mol. The number of fused-ring (bicyclic) bond motifs is 1. The molecule has 1 amide bonds. The van der Waals surface area contributed by atoms with Crippen molar-refractivity contribution in [3.05, 3.63) is 82.9 Å². The van der Waals surface area contributed by atoms with E-state index in [4.69, 9.17) is 0 Å². The maximum atomic E-state index is 13.0. The van der Waals surface area contributed by atoms with E-state index in [1.54, 1.807) is 56.3 Å². The standard InChI is InChI=1S/C23H21N3O3S2/c1-14-11-15(2)21(16(3)12-14)31(28,29)26-18-9-10-20-19(13-18)24-23(30-20)25-22(27)17-7-5-4-6-8-17/h4-13,26H,1-3H3,(H,24,25,27). The molecule has 1 aromatic heterocycles. The second kappa shape index (κ2) is 8.13. The highest BCUT2D eigenvalue weighted by atomic mass is 32.2. The van der Waals surface area contributed by atoms with Crippen LogP contribution in [-0.2, 0) is 10.0 Å². The van der Waals surface area contributed by atoms with Crippen molar-refractivity contribution in [2.75, 3.05) is 10.0 Å². The van der Waals surface area contributed by atoms with Crippen molar-refractivity contribution in [2.45, 2.75) is 25.7 Å². The zero-order valence-electron chi connectivity index (χ0n) is 17.3. The third-order valence-corrected chi connectivity index (χ3v) is 7.41. The highest BCUT2D eigenvalue weighted by molar-refractivity contribution is 7.92. The lowest BCUT2D eigenvalue weighted by Gasteiger charge is -2.14. The van der Waals surface area contributed by atoms with E-state index in [1.807, 2.05) is 25.1 Å². The molecule has 0 bridgehead atoms. The number of aromatic nitrogens is 1. The molecule has 31 heavy (non-hydrogen) atoms. The number of benzene rings is 3. The number of aryl methyl sites for hydroxylation is 3. The average Bonchev–Trinajstić information content (AvgIpc) is 3.08. The number of hydrogen-bond donors (Lipinski definition) is 2. The lowest BCUT2D eigenvalue weighted by molar-refractivity contribution is 0.102. The van der Waals surface area contributed by atoms with Crippen molar-refractivity contribution < 1.29 is 13.2 Å². The third kappa shape index (κ3) is 4.45. The molecule has 0 saturated heterocycles. The van der Waals surface area contributed by atoms with E-state index in [9.17, 15) is 13.2 Å². The Morgan fingerprint density at radius 2 is 1.61 bits per heavy atom. The van der Waals surface area contributed by atoms with Crippen LogP contribution in [0.4, 0.5) is 10.8 Å². The molecule has 0 unspecified atom stereocenters. The third-order valence-electron chi connectivity index (χ3n) is 4.77. The van der Waals surface area contributed by atoms with Crippen molar-refractivity contribution in [1.82, 2.24) is 4.98 Å². The largest absolute Gasteiger partial charge is 0.298 e. The van der Waals surface area contributed by atoms with Gasteiger partial charge in [-0.2, -0.15) is 0 Å². The molecule has 158 valence electrons. The summed E-state index contributed by atoms with van der Waals surface area (Å²) in [5, 5.41) is 3.24. The molecular weight excluding hydrogens is 430 g/mol. The first-order chi connectivity index (χ1) is 14.7. The van der Waals surface area contributed by atoms with Gasteiger partial charge in [0.25, 0.3) is 15.9 Å². The highest BCUT2D eigenvalue weighted by Crippen LogP contribution is 2.30. The number of nitrogens with one attached hydrogen (secondary N) is 2. The SMILES string of the molecule is Cc1cc(C)c(S(=O)(=O)Nc2ccc3sc(NC(=O)c4ccccc4)nc3c2)c(C)c1. The summed E-state index contributed by atoms with van der Waals surface area (Å²) in [6.45, 7) is 5.52. The summed E-state index contributed by atoms with van der Waals surface area (Å²) < 4.78 is 29.5. The number of amides is 1. The van der Waals surface area contributed by atoms with Gasteiger partial charge < -0.3 is 0 Å². The molecule has 0 aliphatic rings.